The van der Waals surface area contributed by atoms with Crippen molar-refractivity contribution in [3.05, 3.63) is 35.4 Å². The van der Waals surface area contributed by atoms with Gasteiger partial charge in [0.2, 0.25) is 0 Å². The van der Waals surface area contributed by atoms with Crippen LogP contribution in [0.4, 0.5) is 13.2 Å². The maximum absolute atomic E-state index is 12.6. The van der Waals surface area contributed by atoms with Gasteiger partial charge in [0.25, 0.3) is 0 Å². The summed E-state index contributed by atoms with van der Waals surface area (Å²) in [4.78, 5) is 18.6. The molecule has 1 N–H and O–H groups in total. The van der Waals surface area contributed by atoms with E-state index in [0.29, 0.717) is 19.6 Å². The first kappa shape index (κ1) is 22.0. The summed E-state index contributed by atoms with van der Waals surface area (Å²) in [6.07, 6.45) is -2.30. The van der Waals surface area contributed by atoms with Crippen LogP contribution in [0.25, 0.3) is 0 Å². The zero-order valence-corrected chi connectivity index (χ0v) is 16.4. The smallest absolute Gasteiger partial charge is 0.416 e. The molecule has 0 amide bonds. The number of ether oxygens (including phenoxy) is 1. The lowest BCUT2D eigenvalue weighted by Crippen LogP contribution is -2.46. The lowest BCUT2D eigenvalue weighted by atomic mass is 9.97. The number of nitrogens with zero attached hydrogens (tertiary/aromatic N) is 2. The fraction of sp³-hybridized carbons (Fsp3) is 0.600. The average molecular weight is 399 g/mol. The molecule has 0 aromatic heterocycles. The lowest BCUT2D eigenvalue weighted by Gasteiger charge is -2.33. The summed E-state index contributed by atoms with van der Waals surface area (Å²) >= 11 is 0. The summed E-state index contributed by atoms with van der Waals surface area (Å²) in [5.41, 5.74) is 0.172. The van der Waals surface area contributed by atoms with E-state index in [2.05, 4.69) is 15.2 Å². The Bertz CT molecular complexity index is 652. The van der Waals surface area contributed by atoms with Crippen molar-refractivity contribution >= 4 is 11.9 Å². The van der Waals surface area contributed by atoms with Crippen LogP contribution in [0.15, 0.2) is 29.3 Å². The van der Waals surface area contributed by atoms with Crippen molar-refractivity contribution in [3.63, 3.8) is 0 Å². The number of nitrogens with one attached hydrogen (secondary N) is 1. The van der Waals surface area contributed by atoms with Crippen LogP contribution in [0, 0.1) is 5.92 Å². The van der Waals surface area contributed by atoms with Gasteiger partial charge >= 0.3 is 12.1 Å². The Hall–Kier alpha value is -2.25. The largest absolute Gasteiger partial charge is 0.466 e. The van der Waals surface area contributed by atoms with Crippen LogP contribution in [0.3, 0.4) is 0 Å². The Balaban J connectivity index is 1.89. The van der Waals surface area contributed by atoms with Gasteiger partial charge < -0.3 is 15.0 Å². The quantitative estimate of drug-likeness (QED) is 0.452. The van der Waals surface area contributed by atoms with Crippen LogP contribution in [-0.2, 0) is 22.1 Å². The highest BCUT2D eigenvalue weighted by Gasteiger charge is 2.30. The molecule has 28 heavy (non-hydrogen) atoms. The molecular formula is C20H28F3N3O2. The van der Waals surface area contributed by atoms with Crippen molar-refractivity contribution in [1.82, 2.24) is 10.2 Å². The van der Waals surface area contributed by atoms with E-state index in [1.54, 1.807) is 6.92 Å². The van der Waals surface area contributed by atoms with Crippen LogP contribution in [0.1, 0.15) is 37.8 Å². The number of esters is 1. The van der Waals surface area contributed by atoms with Gasteiger partial charge in [-0.1, -0.05) is 12.1 Å². The summed E-state index contributed by atoms with van der Waals surface area (Å²) in [5.74, 6) is 0.578. The molecule has 0 spiro atoms. The van der Waals surface area contributed by atoms with Gasteiger partial charge in [0, 0.05) is 26.2 Å². The minimum absolute atomic E-state index is 0.0637. The molecule has 0 unspecified atom stereocenters. The summed E-state index contributed by atoms with van der Waals surface area (Å²) in [5, 5.41) is 3.25. The highest BCUT2D eigenvalue weighted by Crippen LogP contribution is 2.29. The van der Waals surface area contributed by atoms with Gasteiger partial charge in [0.15, 0.2) is 5.96 Å². The molecule has 1 fully saturated rings. The van der Waals surface area contributed by atoms with Gasteiger partial charge in [-0.05, 0) is 50.8 Å². The zero-order chi connectivity index (χ0) is 20.6. The number of likely N-dealkylation sites (tertiary alicyclic amines) is 1. The van der Waals surface area contributed by atoms with Crippen molar-refractivity contribution in [3.8, 4) is 0 Å². The minimum atomic E-state index is -4.31. The molecule has 1 saturated heterocycles. The van der Waals surface area contributed by atoms with Crippen molar-refractivity contribution in [1.29, 1.82) is 0 Å². The topological polar surface area (TPSA) is 53.9 Å². The molecule has 0 atom stereocenters. The average Bonchev–Trinajstić information content (AvgIpc) is 2.67. The van der Waals surface area contributed by atoms with Gasteiger partial charge in [-0.3, -0.25) is 9.79 Å². The first-order chi connectivity index (χ1) is 13.3. The molecule has 1 aliphatic rings. The predicted molar refractivity (Wildman–Crippen MR) is 102 cm³/mol. The number of halogens is 3. The maximum Gasteiger partial charge on any atom is 0.416 e. The summed E-state index contributed by atoms with van der Waals surface area (Å²) in [6, 6.07) is 5.20. The third kappa shape index (κ3) is 6.42. The summed E-state index contributed by atoms with van der Waals surface area (Å²) < 4.78 is 43.0. The second kappa shape index (κ2) is 10.3. The first-order valence-corrected chi connectivity index (χ1v) is 9.71. The SMILES string of the molecule is CCNC(=NCCc1ccc(C(F)(F)F)cc1)N1CCC(C(=O)OCC)CC1. The van der Waals surface area contributed by atoms with E-state index >= 15 is 0 Å². The molecule has 2 rings (SSSR count). The number of guanidine groups is 1. The van der Waals surface area contributed by atoms with E-state index in [-0.39, 0.29) is 11.9 Å². The minimum Gasteiger partial charge on any atom is -0.466 e. The van der Waals surface area contributed by atoms with Crippen molar-refractivity contribution in [2.75, 3.05) is 32.8 Å². The second-order valence-corrected chi connectivity index (χ2v) is 6.69. The van der Waals surface area contributed by atoms with E-state index < -0.39 is 11.7 Å². The monoisotopic (exact) mass is 399 g/mol. The predicted octanol–water partition coefficient (Wildman–Crippen LogP) is 3.49. The number of aliphatic imine (C=N–C) groups is 1. The van der Waals surface area contributed by atoms with E-state index in [4.69, 9.17) is 4.74 Å². The number of hydrogen-bond donors (Lipinski definition) is 1. The normalized spacial score (nSPS) is 16.2. The fourth-order valence-corrected chi connectivity index (χ4v) is 3.16. The second-order valence-electron chi connectivity index (χ2n) is 6.69. The van der Waals surface area contributed by atoms with Crippen LogP contribution < -0.4 is 5.32 Å². The van der Waals surface area contributed by atoms with E-state index in [9.17, 15) is 18.0 Å². The fourth-order valence-electron chi connectivity index (χ4n) is 3.16. The molecule has 0 radical (unpaired) electrons. The Morgan fingerprint density at radius 1 is 1.21 bits per heavy atom. The van der Waals surface area contributed by atoms with E-state index in [1.807, 2.05) is 6.92 Å². The third-order valence-corrected chi connectivity index (χ3v) is 4.69. The maximum atomic E-state index is 12.6. The van der Waals surface area contributed by atoms with E-state index in [1.165, 1.54) is 12.1 Å². The Kier molecular flexibility index (Phi) is 8.14. The Morgan fingerprint density at radius 2 is 1.86 bits per heavy atom. The molecule has 0 bridgehead atoms. The molecule has 0 aliphatic carbocycles. The molecule has 1 aromatic rings. The molecular weight excluding hydrogens is 371 g/mol. The molecule has 8 heteroatoms. The van der Waals surface area contributed by atoms with Gasteiger partial charge in [0.1, 0.15) is 0 Å². The molecule has 5 nitrogen and oxygen atoms in total. The van der Waals surface area contributed by atoms with Gasteiger partial charge in [-0.2, -0.15) is 13.2 Å². The Morgan fingerprint density at radius 3 is 2.39 bits per heavy atom. The van der Waals surface area contributed by atoms with Gasteiger partial charge in [0.05, 0.1) is 18.1 Å². The van der Waals surface area contributed by atoms with Crippen LogP contribution in [0.2, 0.25) is 0 Å². The zero-order valence-electron chi connectivity index (χ0n) is 16.4. The number of carbonyl (C=O) groups excluding carboxylic acids is 1. The highest BCUT2D eigenvalue weighted by molar-refractivity contribution is 5.80. The van der Waals surface area contributed by atoms with Gasteiger partial charge in [-0.15, -0.1) is 0 Å². The van der Waals surface area contributed by atoms with E-state index in [0.717, 1.165) is 56.1 Å². The number of rotatable bonds is 6. The van der Waals surface area contributed by atoms with Crippen LogP contribution >= 0.6 is 0 Å². The number of alkyl halides is 3. The molecule has 1 heterocycles. The van der Waals surface area contributed by atoms with Crippen LogP contribution in [0.5, 0.6) is 0 Å². The number of carbonyl (C=O) groups is 1. The molecule has 156 valence electrons. The van der Waals surface area contributed by atoms with Crippen molar-refractivity contribution < 1.29 is 22.7 Å². The van der Waals surface area contributed by atoms with Crippen LogP contribution in [-0.4, -0.2) is 49.6 Å². The standard InChI is InChI=1S/C20H28F3N3O2/c1-3-24-19(26-13-10-16(11-14-26)18(27)28-4-2)25-12-9-15-5-7-17(8-6-15)20(21,22)23/h5-8,16H,3-4,9-14H2,1-2H3,(H,24,25). The number of hydrogen-bond acceptors (Lipinski definition) is 3. The molecule has 1 aromatic carbocycles. The molecule has 0 saturated carbocycles. The van der Waals surface area contributed by atoms with Gasteiger partial charge in [-0.25, -0.2) is 0 Å². The number of piperidine rings is 1. The highest BCUT2D eigenvalue weighted by atomic mass is 19.4. The first-order valence-electron chi connectivity index (χ1n) is 9.71. The lowest BCUT2D eigenvalue weighted by molar-refractivity contribution is -0.149. The third-order valence-electron chi connectivity index (χ3n) is 4.69. The summed E-state index contributed by atoms with van der Waals surface area (Å²) in [7, 11) is 0. The van der Waals surface area contributed by atoms with Crippen molar-refractivity contribution in [2.24, 2.45) is 10.9 Å². The Labute approximate surface area is 164 Å². The number of benzene rings is 1. The molecule has 1 aliphatic heterocycles. The van der Waals surface area contributed by atoms with Crippen molar-refractivity contribution in [2.45, 2.75) is 39.3 Å². The summed E-state index contributed by atoms with van der Waals surface area (Å²) in [6.45, 7) is 6.82.